The fourth-order valence-electron chi connectivity index (χ4n) is 1.81. The minimum absolute atomic E-state index is 0.0469. The van der Waals surface area contributed by atoms with Crippen LogP contribution in [0, 0.1) is 5.82 Å². The number of aromatic nitrogens is 1. The molecule has 98 valence electrons. The van der Waals surface area contributed by atoms with Crippen LogP contribution in [0.5, 0.6) is 0 Å². The van der Waals surface area contributed by atoms with Gasteiger partial charge in [0, 0.05) is 18.2 Å². The lowest BCUT2D eigenvalue weighted by atomic mass is 10.0. The summed E-state index contributed by atoms with van der Waals surface area (Å²) < 4.78 is 18.8. The van der Waals surface area contributed by atoms with Crippen molar-refractivity contribution in [3.05, 3.63) is 65.2 Å². The lowest BCUT2D eigenvalue weighted by molar-refractivity contribution is 0.0517. The van der Waals surface area contributed by atoms with Gasteiger partial charge in [0.15, 0.2) is 5.69 Å². The monoisotopic (exact) mass is 259 g/mol. The van der Waals surface area contributed by atoms with Gasteiger partial charge in [-0.05, 0) is 18.6 Å². The van der Waals surface area contributed by atoms with Crippen molar-refractivity contribution >= 4 is 5.97 Å². The summed E-state index contributed by atoms with van der Waals surface area (Å²) in [5.74, 6) is -1.03. The van der Waals surface area contributed by atoms with Crippen LogP contribution >= 0.6 is 0 Å². The minimum Gasteiger partial charge on any atom is -0.461 e. The first kappa shape index (κ1) is 13.2. The molecule has 3 nitrogen and oxygen atoms in total. The summed E-state index contributed by atoms with van der Waals surface area (Å²) in [7, 11) is 0. The number of benzene rings is 1. The molecule has 0 aliphatic carbocycles. The Hall–Kier alpha value is -2.23. The van der Waals surface area contributed by atoms with Crippen molar-refractivity contribution in [2.75, 3.05) is 6.61 Å². The van der Waals surface area contributed by atoms with E-state index in [1.807, 2.05) is 30.3 Å². The number of nitrogens with zero attached hydrogens (tertiary/aromatic N) is 1. The van der Waals surface area contributed by atoms with Gasteiger partial charge < -0.3 is 4.74 Å². The molecule has 0 saturated heterocycles. The summed E-state index contributed by atoms with van der Waals surface area (Å²) in [4.78, 5) is 15.7. The number of hydrogen-bond donors (Lipinski definition) is 0. The third-order valence-corrected chi connectivity index (χ3v) is 2.69. The summed E-state index contributed by atoms with van der Waals surface area (Å²) in [6.45, 7) is 1.94. The molecule has 0 atom stereocenters. The Morgan fingerprint density at radius 3 is 2.68 bits per heavy atom. The van der Waals surface area contributed by atoms with Crippen LogP contribution in [0.25, 0.3) is 0 Å². The van der Waals surface area contributed by atoms with E-state index in [0.717, 1.165) is 5.56 Å². The number of rotatable bonds is 4. The van der Waals surface area contributed by atoms with Crippen LogP contribution < -0.4 is 0 Å². The largest absolute Gasteiger partial charge is 0.461 e. The van der Waals surface area contributed by atoms with E-state index < -0.39 is 11.8 Å². The highest BCUT2D eigenvalue weighted by atomic mass is 19.1. The average molecular weight is 259 g/mol. The Labute approximate surface area is 111 Å². The summed E-state index contributed by atoms with van der Waals surface area (Å²) in [6.07, 6.45) is 1.59. The standard InChI is InChI=1S/C15H14FNO2/c1-2-19-15(18)14-12(13(16)8-9-17-14)10-11-6-4-3-5-7-11/h3-9H,2,10H2,1H3. The molecule has 0 radical (unpaired) electrons. The highest BCUT2D eigenvalue weighted by Crippen LogP contribution is 2.17. The number of hydrogen-bond acceptors (Lipinski definition) is 3. The van der Waals surface area contributed by atoms with E-state index in [9.17, 15) is 9.18 Å². The number of pyridine rings is 1. The average Bonchev–Trinajstić information content (AvgIpc) is 2.42. The smallest absolute Gasteiger partial charge is 0.357 e. The molecule has 0 amide bonds. The minimum atomic E-state index is -0.590. The predicted molar refractivity (Wildman–Crippen MR) is 69.4 cm³/mol. The molecule has 4 heteroatoms. The van der Waals surface area contributed by atoms with Crippen molar-refractivity contribution in [2.24, 2.45) is 0 Å². The van der Waals surface area contributed by atoms with Gasteiger partial charge >= 0.3 is 5.97 Å². The maximum atomic E-state index is 13.9. The molecular weight excluding hydrogens is 245 g/mol. The topological polar surface area (TPSA) is 39.2 Å². The van der Waals surface area contributed by atoms with E-state index in [1.54, 1.807) is 6.92 Å². The second kappa shape index (κ2) is 6.09. The second-order valence-electron chi connectivity index (χ2n) is 4.00. The van der Waals surface area contributed by atoms with E-state index in [0.29, 0.717) is 6.42 Å². The van der Waals surface area contributed by atoms with Crippen LogP contribution in [0.15, 0.2) is 42.6 Å². The van der Waals surface area contributed by atoms with E-state index in [4.69, 9.17) is 4.74 Å². The van der Waals surface area contributed by atoms with Crippen LogP contribution in [0.1, 0.15) is 28.5 Å². The normalized spacial score (nSPS) is 10.2. The van der Waals surface area contributed by atoms with Gasteiger partial charge in [-0.3, -0.25) is 0 Å². The number of halogens is 1. The zero-order chi connectivity index (χ0) is 13.7. The van der Waals surface area contributed by atoms with Gasteiger partial charge in [0.2, 0.25) is 0 Å². The Morgan fingerprint density at radius 1 is 1.26 bits per heavy atom. The zero-order valence-corrected chi connectivity index (χ0v) is 10.6. The third-order valence-electron chi connectivity index (χ3n) is 2.69. The molecule has 0 aliphatic rings. The van der Waals surface area contributed by atoms with Gasteiger partial charge in [-0.25, -0.2) is 14.2 Å². The van der Waals surface area contributed by atoms with E-state index in [1.165, 1.54) is 12.3 Å². The van der Waals surface area contributed by atoms with Crippen LogP contribution in [0.4, 0.5) is 4.39 Å². The van der Waals surface area contributed by atoms with Gasteiger partial charge in [-0.2, -0.15) is 0 Å². The summed E-state index contributed by atoms with van der Waals surface area (Å²) >= 11 is 0. The highest BCUT2D eigenvalue weighted by molar-refractivity contribution is 5.89. The summed E-state index contributed by atoms with van der Waals surface area (Å²) in [5, 5.41) is 0. The Balaban J connectivity index is 2.36. The molecule has 0 saturated carbocycles. The molecule has 1 aromatic heterocycles. The van der Waals surface area contributed by atoms with Gasteiger partial charge in [0.05, 0.1) is 6.61 Å². The van der Waals surface area contributed by atoms with E-state index >= 15 is 0 Å². The van der Waals surface area contributed by atoms with Crippen LogP contribution in [-0.4, -0.2) is 17.6 Å². The molecule has 1 aromatic carbocycles. The number of carbonyl (C=O) groups excluding carboxylic acids is 1. The van der Waals surface area contributed by atoms with Crippen molar-refractivity contribution in [1.82, 2.24) is 4.98 Å². The van der Waals surface area contributed by atoms with Crippen LogP contribution in [-0.2, 0) is 11.2 Å². The van der Waals surface area contributed by atoms with Gasteiger partial charge in [0.25, 0.3) is 0 Å². The van der Waals surface area contributed by atoms with Crippen LogP contribution in [0.2, 0.25) is 0 Å². The predicted octanol–water partition coefficient (Wildman–Crippen LogP) is 2.99. The maximum Gasteiger partial charge on any atom is 0.357 e. The molecule has 0 aliphatic heterocycles. The molecule has 0 spiro atoms. The number of ether oxygens (including phenoxy) is 1. The molecule has 0 N–H and O–H groups in total. The maximum absolute atomic E-state index is 13.9. The second-order valence-corrected chi connectivity index (χ2v) is 4.00. The zero-order valence-electron chi connectivity index (χ0n) is 10.6. The van der Waals surface area contributed by atoms with Crippen molar-refractivity contribution in [2.45, 2.75) is 13.3 Å². The fraction of sp³-hybridized carbons (Fsp3) is 0.200. The lowest BCUT2D eigenvalue weighted by Crippen LogP contribution is -2.12. The first-order valence-corrected chi connectivity index (χ1v) is 6.06. The van der Waals surface area contributed by atoms with Crippen LogP contribution in [0.3, 0.4) is 0 Å². The van der Waals surface area contributed by atoms with Crippen molar-refractivity contribution in [3.8, 4) is 0 Å². The Kier molecular flexibility index (Phi) is 4.23. The van der Waals surface area contributed by atoms with Gasteiger partial charge in [-0.15, -0.1) is 0 Å². The van der Waals surface area contributed by atoms with Crippen molar-refractivity contribution < 1.29 is 13.9 Å². The number of esters is 1. The number of carbonyl (C=O) groups is 1. The Morgan fingerprint density at radius 2 is 2.00 bits per heavy atom. The fourth-order valence-corrected chi connectivity index (χ4v) is 1.81. The molecule has 0 bridgehead atoms. The van der Waals surface area contributed by atoms with Gasteiger partial charge in [0.1, 0.15) is 5.82 Å². The van der Waals surface area contributed by atoms with E-state index in [-0.39, 0.29) is 17.9 Å². The first-order chi connectivity index (χ1) is 9.22. The third kappa shape index (κ3) is 3.16. The first-order valence-electron chi connectivity index (χ1n) is 6.06. The summed E-state index contributed by atoms with van der Waals surface area (Å²) in [6, 6.07) is 10.6. The molecule has 2 rings (SSSR count). The SMILES string of the molecule is CCOC(=O)c1nccc(F)c1Cc1ccccc1. The highest BCUT2D eigenvalue weighted by Gasteiger charge is 2.18. The molecule has 2 aromatic rings. The van der Waals surface area contributed by atoms with Gasteiger partial charge in [-0.1, -0.05) is 30.3 Å². The Bertz CT molecular complexity index is 570. The van der Waals surface area contributed by atoms with E-state index in [2.05, 4.69) is 4.98 Å². The molecular formula is C15H14FNO2. The van der Waals surface area contributed by atoms with Crippen molar-refractivity contribution in [1.29, 1.82) is 0 Å². The molecule has 0 unspecified atom stereocenters. The molecule has 1 heterocycles. The van der Waals surface area contributed by atoms with Crippen molar-refractivity contribution in [3.63, 3.8) is 0 Å². The molecule has 19 heavy (non-hydrogen) atoms. The summed E-state index contributed by atoms with van der Waals surface area (Å²) in [5.41, 5.74) is 1.23. The lowest BCUT2D eigenvalue weighted by Gasteiger charge is -2.09. The quantitative estimate of drug-likeness (QED) is 0.792. The molecule has 0 fully saturated rings.